The van der Waals surface area contributed by atoms with Gasteiger partial charge in [0.15, 0.2) is 0 Å². The average molecular weight is 262 g/mol. The van der Waals surface area contributed by atoms with Crippen molar-refractivity contribution in [3.05, 3.63) is 30.1 Å². The lowest BCUT2D eigenvalue weighted by Gasteiger charge is -2.35. The summed E-state index contributed by atoms with van der Waals surface area (Å²) in [6.45, 7) is 2.25. The van der Waals surface area contributed by atoms with E-state index in [4.69, 9.17) is 0 Å². The Bertz CT molecular complexity index is 358. The zero-order chi connectivity index (χ0) is 13.6. The second-order valence-corrected chi connectivity index (χ2v) is 6.10. The summed E-state index contributed by atoms with van der Waals surface area (Å²) in [7, 11) is 2.16. The second kappa shape index (κ2) is 7.01. The first-order chi connectivity index (χ1) is 9.24. The maximum Gasteiger partial charge on any atom is 0.0499 e. The van der Waals surface area contributed by atoms with Crippen LogP contribution in [0.1, 0.15) is 44.1 Å². The number of hydrogen-bond acceptors (Lipinski definition) is 3. The van der Waals surface area contributed by atoms with E-state index in [0.29, 0.717) is 6.61 Å². The first kappa shape index (κ1) is 14.5. The molecule has 0 aromatic carbocycles. The summed E-state index contributed by atoms with van der Waals surface area (Å²) in [4.78, 5) is 6.40. The van der Waals surface area contributed by atoms with Crippen LogP contribution in [0.2, 0.25) is 0 Å². The van der Waals surface area contributed by atoms with Gasteiger partial charge in [-0.05, 0) is 37.6 Å². The van der Waals surface area contributed by atoms with Gasteiger partial charge in [-0.3, -0.25) is 4.98 Å². The highest BCUT2D eigenvalue weighted by atomic mass is 16.3. The molecule has 0 aliphatic heterocycles. The van der Waals surface area contributed by atoms with Gasteiger partial charge in [-0.15, -0.1) is 0 Å². The average Bonchev–Trinajstić information content (AvgIpc) is 2.66. The van der Waals surface area contributed by atoms with Crippen LogP contribution in [-0.2, 0) is 6.54 Å². The normalized spacial score (nSPS) is 19.3. The molecule has 0 radical (unpaired) electrons. The van der Waals surface area contributed by atoms with Gasteiger partial charge in [-0.25, -0.2) is 0 Å². The summed E-state index contributed by atoms with van der Waals surface area (Å²) in [5.74, 6) is 0. The number of aromatic nitrogens is 1. The zero-order valence-corrected chi connectivity index (χ0v) is 12.0. The third-order valence-corrected chi connectivity index (χ3v) is 4.31. The van der Waals surface area contributed by atoms with Crippen LogP contribution in [0.25, 0.3) is 0 Å². The van der Waals surface area contributed by atoms with E-state index in [-0.39, 0.29) is 5.41 Å². The first-order valence-electron chi connectivity index (χ1n) is 7.42. The standard InChI is InChI=1S/C16H26N2O/c1-18(12-15-6-10-17-11-7-15)13-16(14-19)8-4-2-3-5-9-16/h6-7,10-11,19H,2-5,8-9,12-14H2,1H3. The van der Waals surface area contributed by atoms with E-state index >= 15 is 0 Å². The third-order valence-electron chi connectivity index (χ3n) is 4.31. The largest absolute Gasteiger partial charge is 0.396 e. The van der Waals surface area contributed by atoms with Gasteiger partial charge in [0.05, 0.1) is 0 Å². The van der Waals surface area contributed by atoms with E-state index in [1.165, 1.54) is 44.1 Å². The van der Waals surface area contributed by atoms with E-state index in [1.54, 1.807) is 0 Å². The van der Waals surface area contributed by atoms with Crippen LogP contribution in [-0.4, -0.2) is 35.2 Å². The molecule has 1 N–H and O–H groups in total. The number of hydrogen-bond donors (Lipinski definition) is 1. The van der Waals surface area contributed by atoms with E-state index in [0.717, 1.165) is 13.1 Å². The molecule has 1 heterocycles. The Labute approximate surface area is 116 Å². The summed E-state index contributed by atoms with van der Waals surface area (Å²) in [5.41, 5.74) is 1.41. The van der Waals surface area contributed by atoms with Crippen LogP contribution in [0.3, 0.4) is 0 Å². The van der Waals surface area contributed by atoms with Gasteiger partial charge in [0, 0.05) is 37.5 Å². The van der Waals surface area contributed by atoms with Crippen molar-refractivity contribution >= 4 is 0 Å². The van der Waals surface area contributed by atoms with Crippen molar-refractivity contribution in [2.45, 2.75) is 45.1 Å². The third kappa shape index (κ3) is 4.29. The minimum atomic E-state index is 0.123. The highest BCUT2D eigenvalue weighted by Crippen LogP contribution is 2.35. The maximum absolute atomic E-state index is 9.84. The molecule has 2 rings (SSSR count). The molecule has 3 nitrogen and oxygen atoms in total. The van der Waals surface area contributed by atoms with Crippen molar-refractivity contribution in [3.63, 3.8) is 0 Å². The fourth-order valence-corrected chi connectivity index (χ4v) is 3.27. The molecule has 1 aliphatic rings. The molecule has 1 aliphatic carbocycles. The fraction of sp³-hybridized carbons (Fsp3) is 0.688. The molecule has 1 aromatic rings. The fourth-order valence-electron chi connectivity index (χ4n) is 3.27. The molecule has 0 amide bonds. The summed E-state index contributed by atoms with van der Waals surface area (Å²) in [6.07, 6.45) is 11.2. The molecule has 0 unspecified atom stereocenters. The molecule has 3 heteroatoms. The van der Waals surface area contributed by atoms with Crippen molar-refractivity contribution in [3.8, 4) is 0 Å². The lowest BCUT2D eigenvalue weighted by atomic mass is 9.80. The lowest BCUT2D eigenvalue weighted by Crippen LogP contribution is -2.38. The van der Waals surface area contributed by atoms with Crippen LogP contribution in [0.15, 0.2) is 24.5 Å². The topological polar surface area (TPSA) is 36.4 Å². The van der Waals surface area contributed by atoms with Crippen LogP contribution >= 0.6 is 0 Å². The number of nitrogens with zero attached hydrogens (tertiary/aromatic N) is 2. The van der Waals surface area contributed by atoms with Gasteiger partial charge in [-0.1, -0.05) is 25.7 Å². The predicted octanol–water partition coefficient (Wildman–Crippen LogP) is 2.85. The van der Waals surface area contributed by atoms with Crippen molar-refractivity contribution in [1.29, 1.82) is 0 Å². The summed E-state index contributed by atoms with van der Waals surface area (Å²) in [5, 5.41) is 9.84. The van der Waals surface area contributed by atoms with Crippen molar-refractivity contribution in [2.75, 3.05) is 20.2 Å². The molecule has 0 saturated heterocycles. The molecule has 1 saturated carbocycles. The molecule has 106 valence electrons. The van der Waals surface area contributed by atoms with Gasteiger partial charge >= 0.3 is 0 Å². The monoisotopic (exact) mass is 262 g/mol. The predicted molar refractivity (Wildman–Crippen MR) is 77.8 cm³/mol. The number of rotatable bonds is 5. The van der Waals surface area contributed by atoms with Gasteiger partial charge in [0.1, 0.15) is 0 Å². The van der Waals surface area contributed by atoms with E-state index < -0.39 is 0 Å². The van der Waals surface area contributed by atoms with Gasteiger partial charge in [0.25, 0.3) is 0 Å². The van der Waals surface area contributed by atoms with Crippen molar-refractivity contribution in [1.82, 2.24) is 9.88 Å². The summed E-state index contributed by atoms with van der Waals surface area (Å²) >= 11 is 0. The Hall–Kier alpha value is -0.930. The van der Waals surface area contributed by atoms with E-state index in [2.05, 4.69) is 29.1 Å². The molecular formula is C16H26N2O. The number of aliphatic hydroxyl groups is 1. The second-order valence-electron chi connectivity index (χ2n) is 6.10. The van der Waals surface area contributed by atoms with Gasteiger partial charge in [-0.2, -0.15) is 0 Å². The minimum absolute atomic E-state index is 0.123. The number of aliphatic hydroxyl groups excluding tert-OH is 1. The zero-order valence-electron chi connectivity index (χ0n) is 12.0. The highest BCUT2D eigenvalue weighted by Gasteiger charge is 2.31. The maximum atomic E-state index is 9.84. The Morgan fingerprint density at radius 2 is 1.79 bits per heavy atom. The Morgan fingerprint density at radius 1 is 1.16 bits per heavy atom. The molecule has 19 heavy (non-hydrogen) atoms. The minimum Gasteiger partial charge on any atom is -0.396 e. The number of pyridine rings is 1. The van der Waals surface area contributed by atoms with E-state index in [1.807, 2.05) is 12.4 Å². The van der Waals surface area contributed by atoms with Crippen LogP contribution in [0, 0.1) is 5.41 Å². The molecule has 1 aromatic heterocycles. The van der Waals surface area contributed by atoms with Crippen molar-refractivity contribution in [2.24, 2.45) is 5.41 Å². The SMILES string of the molecule is CN(Cc1ccncc1)CC1(CO)CCCCCC1. The highest BCUT2D eigenvalue weighted by molar-refractivity contribution is 5.09. The molecule has 0 bridgehead atoms. The van der Waals surface area contributed by atoms with Crippen LogP contribution < -0.4 is 0 Å². The van der Waals surface area contributed by atoms with Gasteiger partial charge < -0.3 is 10.0 Å². The lowest BCUT2D eigenvalue weighted by molar-refractivity contribution is 0.0663. The summed E-state index contributed by atoms with van der Waals surface area (Å²) < 4.78 is 0. The van der Waals surface area contributed by atoms with Gasteiger partial charge in [0.2, 0.25) is 0 Å². The Kier molecular flexibility index (Phi) is 5.34. The van der Waals surface area contributed by atoms with Crippen LogP contribution in [0.4, 0.5) is 0 Å². The summed E-state index contributed by atoms with van der Waals surface area (Å²) in [6, 6.07) is 4.13. The van der Waals surface area contributed by atoms with Crippen LogP contribution in [0.5, 0.6) is 0 Å². The van der Waals surface area contributed by atoms with Crippen molar-refractivity contribution < 1.29 is 5.11 Å². The first-order valence-corrected chi connectivity index (χ1v) is 7.42. The molecule has 0 spiro atoms. The molecule has 0 atom stereocenters. The van der Waals surface area contributed by atoms with E-state index in [9.17, 15) is 5.11 Å². The molecular weight excluding hydrogens is 236 g/mol. The smallest absolute Gasteiger partial charge is 0.0499 e. The Balaban J connectivity index is 1.93. The molecule has 1 fully saturated rings. The quantitative estimate of drug-likeness (QED) is 0.829. The Morgan fingerprint density at radius 3 is 2.37 bits per heavy atom.